The van der Waals surface area contributed by atoms with E-state index in [1.807, 2.05) is 12.1 Å². The Morgan fingerprint density at radius 2 is 1.00 bits per heavy atom. The van der Waals surface area contributed by atoms with Crippen molar-refractivity contribution in [1.29, 1.82) is 0 Å². The fourth-order valence-corrected chi connectivity index (χ4v) is 1.18. The Balaban J connectivity index is -0.000000121. The highest BCUT2D eigenvalue weighted by molar-refractivity contribution is 6.41. The minimum absolute atomic E-state index is 0.347. The first-order chi connectivity index (χ1) is 18.0. The molecule has 1 rings (SSSR count). The lowest BCUT2D eigenvalue weighted by molar-refractivity contribution is -0.136. The maximum absolute atomic E-state index is 10.2. The Kier molecular flexibility index (Phi) is 35.7. The molecule has 0 atom stereocenters. The lowest BCUT2D eigenvalue weighted by Crippen LogP contribution is -2.37. The highest BCUT2D eigenvalue weighted by Crippen LogP contribution is 2.19. The highest BCUT2D eigenvalue weighted by Gasteiger charge is 2.26. The zero-order chi connectivity index (χ0) is 32.0. The number of carbonyl (C=O) groups excluding carboxylic acids is 1. The molecule has 0 spiro atoms. The number of hydrogen-bond donors (Lipinski definition) is 7. The van der Waals surface area contributed by atoms with Crippen LogP contribution >= 0.6 is 23.2 Å². The summed E-state index contributed by atoms with van der Waals surface area (Å²) in [6.45, 7) is 12.2. The van der Waals surface area contributed by atoms with Crippen LogP contribution in [-0.4, -0.2) is 93.2 Å². The van der Waals surface area contributed by atoms with Gasteiger partial charge < -0.3 is 40.5 Å². The minimum atomic E-state index is -1.11. The van der Waals surface area contributed by atoms with E-state index in [9.17, 15) is 19.2 Å². The van der Waals surface area contributed by atoms with Gasteiger partial charge in [-0.15, -0.1) is 0 Å². The van der Waals surface area contributed by atoms with E-state index in [0.29, 0.717) is 15.6 Å². The smallest absolute Gasteiger partial charge is 0.332 e. The third-order valence-electron chi connectivity index (χ3n) is 3.22. The summed E-state index contributed by atoms with van der Waals surface area (Å²) in [7, 11) is 1.33. The molecule has 0 aliphatic heterocycles. The van der Waals surface area contributed by atoms with Crippen LogP contribution in [0.5, 0.6) is 0 Å². The number of rotatable bonds is 8. The van der Waals surface area contributed by atoms with Gasteiger partial charge in [0.25, 0.3) is 0 Å². The average molecular weight is 599 g/mol. The van der Waals surface area contributed by atoms with Crippen molar-refractivity contribution in [2.75, 3.05) is 33.5 Å². The molecule has 14 heteroatoms. The summed E-state index contributed by atoms with van der Waals surface area (Å²) >= 11 is 11.2. The van der Waals surface area contributed by atoms with Gasteiger partial charge in [-0.05, 0) is 19.1 Å². The maximum Gasteiger partial charge on any atom is 0.332 e. The topological polar surface area (TPSA) is 219 Å². The van der Waals surface area contributed by atoms with Crippen molar-refractivity contribution in [3.05, 3.63) is 84.4 Å². The molecule has 0 fully saturated rings. The molecule has 0 bridgehead atoms. The van der Waals surface area contributed by atoms with E-state index in [0.717, 1.165) is 18.2 Å². The molecule has 1 aromatic carbocycles. The number of ether oxygens (including phenoxy) is 1. The van der Waals surface area contributed by atoms with Crippen LogP contribution < -0.4 is 0 Å². The molecule has 12 nitrogen and oxygen atoms in total. The Labute approximate surface area is 237 Å². The molecule has 0 unspecified atom stereocenters. The summed E-state index contributed by atoms with van der Waals surface area (Å²) in [4.78, 5) is 37.9. The van der Waals surface area contributed by atoms with Crippen LogP contribution in [0.1, 0.15) is 6.92 Å². The number of aliphatic carboxylic acids is 3. The molecule has 0 aromatic heterocycles. The van der Waals surface area contributed by atoms with Crippen molar-refractivity contribution in [3.63, 3.8) is 0 Å². The Morgan fingerprint density at radius 3 is 1.05 bits per heavy atom. The van der Waals surface area contributed by atoms with Gasteiger partial charge in [0.1, 0.15) is 0 Å². The van der Waals surface area contributed by atoms with Crippen LogP contribution in [-0.2, 0) is 23.9 Å². The van der Waals surface area contributed by atoms with Gasteiger partial charge in [0.05, 0.1) is 49.0 Å². The lowest BCUT2D eigenvalue weighted by Gasteiger charge is -2.23. The van der Waals surface area contributed by atoms with E-state index in [4.69, 9.17) is 58.9 Å². The second kappa shape index (κ2) is 30.7. The third kappa shape index (κ3) is 36.7. The lowest BCUT2D eigenvalue weighted by atomic mass is 9.93. The van der Waals surface area contributed by atoms with Crippen molar-refractivity contribution in [1.82, 2.24) is 0 Å². The van der Waals surface area contributed by atoms with E-state index >= 15 is 0 Å². The van der Waals surface area contributed by atoms with Crippen molar-refractivity contribution in [3.8, 4) is 0 Å². The Bertz CT molecular complexity index is 800. The van der Waals surface area contributed by atoms with Crippen molar-refractivity contribution in [2.45, 2.75) is 6.92 Å². The summed E-state index contributed by atoms with van der Waals surface area (Å²) in [5.74, 6) is -3.29. The molecule has 0 heterocycles. The number of halogens is 2. The largest absolute Gasteiger partial charge is 0.478 e. The summed E-state index contributed by atoms with van der Waals surface area (Å²) in [6.07, 6.45) is 2.50. The van der Waals surface area contributed by atoms with E-state index in [2.05, 4.69) is 31.1 Å². The first-order valence-electron chi connectivity index (χ1n) is 10.2. The molecular weight excluding hydrogens is 563 g/mol. The number of carboxylic acid groups (broad SMARTS) is 3. The first kappa shape index (κ1) is 45.4. The van der Waals surface area contributed by atoms with Gasteiger partial charge in [-0.3, -0.25) is 0 Å². The molecule has 39 heavy (non-hydrogen) atoms. The van der Waals surface area contributed by atoms with Crippen LogP contribution in [0, 0.1) is 5.41 Å². The molecule has 0 saturated heterocycles. The van der Waals surface area contributed by atoms with Crippen molar-refractivity contribution >= 4 is 47.1 Å². The highest BCUT2D eigenvalue weighted by atomic mass is 35.5. The number of carbonyl (C=O) groups is 4. The first-order valence-corrected chi connectivity index (χ1v) is 10.9. The molecule has 0 aliphatic rings. The average Bonchev–Trinajstić information content (AvgIpc) is 2.93. The molecular formula is C25H36Cl2O12. The third-order valence-corrected chi connectivity index (χ3v) is 3.98. The fraction of sp³-hybridized carbons (Fsp3) is 0.280. The number of carboxylic acids is 3. The standard InChI is InChI=1S/C6H4Cl2.C5H12O4.C5H8O2.3C3H4O2/c7-5-3-1-2-4-6(5)8;6-1-5(2-7,3-8)4-9;1-4(2)5(6)7-3;3*1-2-3(4)5/h1-4H;6-9H,1-4H2;1H2,2-3H3;3*2H,1H2,(H,4,5). The van der Waals surface area contributed by atoms with Crippen LogP contribution in [0.2, 0.25) is 10.0 Å². The normalized spacial score (nSPS) is 8.51. The van der Waals surface area contributed by atoms with Gasteiger partial charge in [0.15, 0.2) is 0 Å². The molecule has 7 N–H and O–H groups in total. The van der Waals surface area contributed by atoms with Gasteiger partial charge in [-0.1, -0.05) is 61.7 Å². The van der Waals surface area contributed by atoms with Gasteiger partial charge in [0, 0.05) is 23.8 Å². The Hall–Kier alpha value is -3.52. The predicted molar refractivity (Wildman–Crippen MR) is 148 cm³/mol. The zero-order valence-corrected chi connectivity index (χ0v) is 23.1. The van der Waals surface area contributed by atoms with E-state index in [1.54, 1.807) is 19.1 Å². The van der Waals surface area contributed by atoms with Crippen LogP contribution in [0.25, 0.3) is 0 Å². The second-order valence-electron chi connectivity index (χ2n) is 6.45. The predicted octanol–water partition coefficient (Wildman–Crippen LogP) is 2.44. The van der Waals surface area contributed by atoms with E-state index < -0.39 is 49.8 Å². The SMILES string of the molecule is C=C(C)C(=O)OC.C=CC(=O)O.C=CC(=O)O.C=CC(=O)O.Clc1ccccc1Cl.OCC(CO)(CO)CO. The quantitative estimate of drug-likeness (QED) is 0.169. The number of methoxy groups -OCH3 is 1. The summed E-state index contributed by atoms with van der Waals surface area (Å²) < 4.78 is 4.27. The number of esters is 1. The van der Waals surface area contributed by atoms with Gasteiger partial charge >= 0.3 is 23.9 Å². The van der Waals surface area contributed by atoms with Crippen LogP contribution in [0.3, 0.4) is 0 Å². The van der Waals surface area contributed by atoms with Crippen molar-refractivity contribution < 1.29 is 59.7 Å². The molecule has 1 aromatic rings. The van der Waals surface area contributed by atoms with Crippen LogP contribution in [0.15, 0.2) is 74.4 Å². The second-order valence-corrected chi connectivity index (χ2v) is 7.26. The number of hydrogen-bond acceptors (Lipinski definition) is 9. The molecule has 0 saturated carbocycles. The maximum atomic E-state index is 10.2. The van der Waals surface area contributed by atoms with Crippen molar-refractivity contribution in [2.24, 2.45) is 5.41 Å². The van der Waals surface area contributed by atoms with Crippen LogP contribution in [0.4, 0.5) is 0 Å². The zero-order valence-electron chi connectivity index (χ0n) is 21.6. The van der Waals surface area contributed by atoms with Gasteiger partial charge in [-0.25, -0.2) is 19.2 Å². The number of aliphatic hydroxyl groups excluding tert-OH is 4. The molecule has 0 amide bonds. The fourth-order valence-electron chi connectivity index (χ4n) is 0.914. The Morgan fingerprint density at radius 1 is 0.769 bits per heavy atom. The molecule has 0 radical (unpaired) electrons. The summed E-state index contributed by atoms with van der Waals surface area (Å²) in [6, 6.07) is 7.19. The van der Waals surface area contributed by atoms with Gasteiger partial charge in [0.2, 0.25) is 0 Å². The minimum Gasteiger partial charge on any atom is -0.478 e. The van der Waals surface area contributed by atoms with E-state index in [1.165, 1.54) is 7.11 Å². The summed E-state index contributed by atoms with van der Waals surface area (Å²) in [5.41, 5.74) is -0.678. The van der Waals surface area contributed by atoms with E-state index in [-0.39, 0.29) is 5.97 Å². The summed E-state index contributed by atoms with van der Waals surface area (Å²) in [5, 5.41) is 58.0. The molecule has 0 aliphatic carbocycles. The number of benzene rings is 1. The number of aliphatic hydroxyl groups is 4. The monoisotopic (exact) mass is 598 g/mol. The molecule has 222 valence electrons. The van der Waals surface area contributed by atoms with Gasteiger partial charge in [-0.2, -0.15) is 0 Å².